The molecule has 1 aliphatic carbocycles. The average Bonchev–Trinajstić information content (AvgIpc) is 3.33. The van der Waals surface area contributed by atoms with Crippen LogP contribution >= 0.6 is 23.1 Å². The predicted molar refractivity (Wildman–Crippen MR) is 112 cm³/mol. The minimum atomic E-state index is -4.37. The van der Waals surface area contributed by atoms with Gasteiger partial charge in [-0.2, -0.15) is 18.3 Å². The Morgan fingerprint density at radius 3 is 2.48 bits per heavy atom. The first-order chi connectivity index (χ1) is 13.4. The summed E-state index contributed by atoms with van der Waals surface area (Å²) in [5.41, 5.74) is -1.86. The maximum atomic E-state index is 13.0. The third-order valence-corrected chi connectivity index (χ3v) is 6.32. The summed E-state index contributed by atoms with van der Waals surface area (Å²) in [6.07, 6.45) is 3.04. The van der Waals surface area contributed by atoms with Crippen molar-refractivity contribution in [3.63, 3.8) is 0 Å². The smallest absolute Gasteiger partial charge is 0.305 e. The minimum Gasteiger partial charge on any atom is -0.305 e. The Morgan fingerprint density at radius 2 is 1.93 bits per heavy atom. The molecule has 160 valence electrons. The summed E-state index contributed by atoms with van der Waals surface area (Å²) in [5, 5.41) is 4.59. The lowest BCUT2D eigenvalue weighted by Crippen LogP contribution is -2.39. The van der Waals surface area contributed by atoms with Crippen LogP contribution in [0.2, 0.25) is 0 Å². The molecule has 0 saturated heterocycles. The molecule has 1 aliphatic rings. The Hall–Kier alpha value is -1.75. The molecule has 29 heavy (non-hydrogen) atoms. The van der Waals surface area contributed by atoms with Gasteiger partial charge in [-0.1, -0.05) is 0 Å². The molecule has 0 bridgehead atoms. The molecule has 2 aromatic rings. The summed E-state index contributed by atoms with van der Waals surface area (Å²) in [4.78, 5) is 27.0. The number of alkyl halides is 3. The summed E-state index contributed by atoms with van der Waals surface area (Å²) in [6.45, 7) is 7.50. The van der Waals surface area contributed by atoms with Crippen LogP contribution in [0.15, 0.2) is 14.7 Å². The van der Waals surface area contributed by atoms with Crippen molar-refractivity contribution in [3.05, 3.63) is 31.3 Å². The van der Waals surface area contributed by atoms with E-state index in [0.29, 0.717) is 20.7 Å². The SMILES string of the molecule is Cc1c(C=NNC(C)(C)C)sc2c1c(=O)n(C1CC1)c(=O)n2CCSC(F)(F)F. The molecule has 1 saturated carbocycles. The van der Waals surface area contributed by atoms with Gasteiger partial charge in [0.25, 0.3) is 5.56 Å². The number of rotatable bonds is 6. The molecule has 0 radical (unpaired) electrons. The van der Waals surface area contributed by atoms with Gasteiger partial charge in [0.2, 0.25) is 0 Å². The number of fused-ring (bicyclic) bond motifs is 1. The maximum Gasteiger partial charge on any atom is 0.441 e. The van der Waals surface area contributed by atoms with Gasteiger partial charge >= 0.3 is 11.2 Å². The van der Waals surface area contributed by atoms with Crippen molar-refractivity contribution in [2.75, 3.05) is 5.75 Å². The van der Waals surface area contributed by atoms with Gasteiger partial charge in [0.05, 0.1) is 16.5 Å². The van der Waals surface area contributed by atoms with Crippen LogP contribution in [0.4, 0.5) is 13.2 Å². The Morgan fingerprint density at radius 1 is 1.28 bits per heavy atom. The van der Waals surface area contributed by atoms with Crippen molar-refractivity contribution in [3.8, 4) is 0 Å². The summed E-state index contributed by atoms with van der Waals surface area (Å²) in [6, 6.07) is -0.167. The fourth-order valence-corrected chi connectivity index (χ4v) is 4.59. The Bertz CT molecular complexity index is 1060. The first kappa shape index (κ1) is 21.9. The lowest BCUT2D eigenvalue weighted by Gasteiger charge is -2.16. The molecular formula is C18H23F3N4O2S2. The minimum absolute atomic E-state index is 0.122. The van der Waals surface area contributed by atoms with Crippen molar-refractivity contribution < 1.29 is 13.2 Å². The molecule has 0 spiro atoms. The highest BCUT2D eigenvalue weighted by Crippen LogP contribution is 2.34. The number of aromatic nitrogens is 2. The van der Waals surface area contributed by atoms with Crippen LogP contribution in [-0.2, 0) is 6.54 Å². The van der Waals surface area contributed by atoms with E-state index in [1.807, 2.05) is 20.8 Å². The van der Waals surface area contributed by atoms with E-state index in [1.165, 1.54) is 20.5 Å². The third-order valence-electron chi connectivity index (χ3n) is 4.35. The van der Waals surface area contributed by atoms with Gasteiger partial charge in [-0.25, -0.2) is 4.79 Å². The lowest BCUT2D eigenvalue weighted by molar-refractivity contribution is -0.0328. The molecule has 1 fully saturated rings. The largest absolute Gasteiger partial charge is 0.441 e. The van der Waals surface area contributed by atoms with Crippen LogP contribution in [0.3, 0.4) is 0 Å². The van der Waals surface area contributed by atoms with Gasteiger partial charge in [-0.3, -0.25) is 13.9 Å². The van der Waals surface area contributed by atoms with E-state index in [9.17, 15) is 22.8 Å². The second kappa shape index (κ2) is 7.82. The molecular weight excluding hydrogens is 425 g/mol. The number of thiophene rings is 1. The highest BCUT2D eigenvalue weighted by atomic mass is 32.2. The quantitative estimate of drug-likeness (QED) is 0.539. The zero-order valence-corrected chi connectivity index (χ0v) is 18.2. The maximum absolute atomic E-state index is 13.0. The van der Waals surface area contributed by atoms with Crippen LogP contribution in [0, 0.1) is 6.92 Å². The molecule has 0 aromatic carbocycles. The van der Waals surface area contributed by atoms with Crippen LogP contribution in [0.25, 0.3) is 10.2 Å². The molecule has 2 heterocycles. The van der Waals surface area contributed by atoms with E-state index >= 15 is 0 Å². The number of nitrogens with one attached hydrogen (secondary N) is 1. The molecule has 11 heteroatoms. The number of thioether (sulfide) groups is 1. The number of hydrogen-bond donors (Lipinski definition) is 1. The lowest BCUT2D eigenvalue weighted by atomic mass is 10.1. The van der Waals surface area contributed by atoms with E-state index in [4.69, 9.17) is 0 Å². The van der Waals surface area contributed by atoms with Crippen molar-refractivity contribution in [2.45, 2.75) is 64.2 Å². The van der Waals surface area contributed by atoms with Crippen molar-refractivity contribution in [1.29, 1.82) is 0 Å². The number of hydrazone groups is 1. The van der Waals surface area contributed by atoms with Crippen molar-refractivity contribution in [1.82, 2.24) is 14.6 Å². The van der Waals surface area contributed by atoms with Gasteiger partial charge in [0, 0.05) is 23.9 Å². The van der Waals surface area contributed by atoms with E-state index in [2.05, 4.69) is 10.5 Å². The van der Waals surface area contributed by atoms with Crippen LogP contribution in [-0.4, -0.2) is 32.1 Å². The Kier molecular flexibility index (Phi) is 5.92. The molecule has 1 N–H and O–H groups in total. The number of halogens is 3. The summed E-state index contributed by atoms with van der Waals surface area (Å²) in [7, 11) is 0. The van der Waals surface area contributed by atoms with Gasteiger partial charge in [-0.15, -0.1) is 11.3 Å². The monoisotopic (exact) mass is 448 g/mol. The highest BCUT2D eigenvalue weighted by molar-refractivity contribution is 8.00. The second-order valence-electron chi connectivity index (χ2n) is 8.03. The van der Waals surface area contributed by atoms with Crippen molar-refractivity contribution >= 4 is 39.5 Å². The molecule has 0 unspecified atom stereocenters. The fraction of sp³-hybridized carbons (Fsp3) is 0.611. The van der Waals surface area contributed by atoms with Crippen molar-refractivity contribution in [2.24, 2.45) is 5.10 Å². The zero-order valence-electron chi connectivity index (χ0n) is 16.6. The van der Waals surface area contributed by atoms with E-state index < -0.39 is 11.2 Å². The van der Waals surface area contributed by atoms with Crippen LogP contribution in [0.5, 0.6) is 0 Å². The molecule has 6 nitrogen and oxygen atoms in total. The Balaban J connectivity index is 2.09. The first-order valence-electron chi connectivity index (χ1n) is 9.18. The molecule has 2 aromatic heterocycles. The van der Waals surface area contributed by atoms with E-state index in [-0.39, 0.29) is 41.2 Å². The average molecular weight is 449 g/mol. The van der Waals surface area contributed by atoms with Gasteiger partial charge < -0.3 is 5.43 Å². The molecule has 0 aliphatic heterocycles. The van der Waals surface area contributed by atoms with Crippen LogP contribution < -0.4 is 16.7 Å². The van der Waals surface area contributed by atoms with Gasteiger partial charge in [0.15, 0.2) is 0 Å². The second-order valence-corrected chi connectivity index (χ2v) is 10.2. The normalized spacial score (nSPS) is 15.6. The van der Waals surface area contributed by atoms with Gasteiger partial charge in [0.1, 0.15) is 4.83 Å². The van der Waals surface area contributed by atoms with E-state index in [0.717, 1.165) is 12.8 Å². The number of nitrogens with zero attached hydrogens (tertiary/aromatic N) is 3. The number of aryl methyl sites for hydroxylation is 2. The van der Waals surface area contributed by atoms with Crippen LogP contribution in [0.1, 0.15) is 50.1 Å². The predicted octanol–water partition coefficient (Wildman–Crippen LogP) is 3.84. The molecule has 0 atom stereocenters. The first-order valence-corrected chi connectivity index (χ1v) is 11.0. The zero-order chi connectivity index (χ0) is 21.6. The highest BCUT2D eigenvalue weighted by Gasteiger charge is 2.31. The Labute approximate surface area is 173 Å². The topological polar surface area (TPSA) is 68.4 Å². The standard InChI is InChI=1S/C18H23F3N4O2S2/c1-10-12(9-22-23-17(2,3)4)29-15-13(10)14(26)25(11-5-6-11)16(27)24(15)7-8-28-18(19,20)21/h9,11,23H,5-8H2,1-4H3. The summed E-state index contributed by atoms with van der Waals surface area (Å²) < 4.78 is 40.2. The fourth-order valence-electron chi connectivity index (χ4n) is 2.89. The number of hydrogen-bond acceptors (Lipinski definition) is 6. The summed E-state index contributed by atoms with van der Waals surface area (Å²) >= 11 is 1.03. The van der Waals surface area contributed by atoms with Gasteiger partial charge in [-0.05, 0) is 57.9 Å². The molecule has 3 rings (SSSR count). The van der Waals surface area contributed by atoms with E-state index in [1.54, 1.807) is 13.1 Å². The third kappa shape index (κ3) is 5.06. The summed E-state index contributed by atoms with van der Waals surface area (Å²) in [5.74, 6) is -0.298. The molecule has 0 amide bonds.